The van der Waals surface area contributed by atoms with Crippen LogP contribution in [0.25, 0.3) is 0 Å². The molecule has 2 rings (SSSR count). The Morgan fingerprint density at radius 3 is 2.76 bits per heavy atom. The minimum absolute atomic E-state index is 0.323. The van der Waals surface area contributed by atoms with E-state index >= 15 is 0 Å². The second kappa shape index (κ2) is 5.62. The summed E-state index contributed by atoms with van der Waals surface area (Å²) in [7, 11) is 0. The summed E-state index contributed by atoms with van der Waals surface area (Å²) >= 11 is 1.63. The zero-order chi connectivity index (χ0) is 12.1. The summed E-state index contributed by atoms with van der Waals surface area (Å²) < 4.78 is 0. The van der Waals surface area contributed by atoms with Crippen molar-refractivity contribution in [3.8, 4) is 6.07 Å². The molecule has 0 spiro atoms. The molecule has 0 unspecified atom stereocenters. The molecule has 1 aromatic carbocycles. The maximum Gasteiger partial charge on any atom is 0.100 e. The summed E-state index contributed by atoms with van der Waals surface area (Å²) in [5.41, 5.74) is 2.03. The van der Waals surface area contributed by atoms with Crippen molar-refractivity contribution in [1.82, 2.24) is 5.32 Å². The van der Waals surface area contributed by atoms with Crippen LogP contribution in [0.5, 0.6) is 0 Å². The molecule has 1 heterocycles. The van der Waals surface area contributed by atoms with Crippen LogP contribution in [0.15, 0.2) is 41.8 Å². The summed E-state index contributed by atoms with van der Waals surface area (Å²) in [5, 5.41) is 14.1. The third-order valence-corrected chi connectivity index (χ3v) is 3.60. The van der Waals surface area contributed by atoms with Crippen molar-refractivity contribution >= 4 is 11.3 Å². The van der Waals surface area contributed by atoms with Gasteiger partial charge in [-0.2, -0.15) is 5.26 Å². The maximum atomic E-state index is 8.74. The number of nitriles is 1. The standard InChI is InChI=1S/C14H14N2S/c1-11(13-5-3-2-4-6-13)16-9-14-7-12(8-15)10-17-14/h2-7,10-11,16H,9H2,1H3/t11-/m1/s1. The van der Waals surface area contributed by atoms with Gasteiger partial charge in [0.05, 0.1) is 5.56 Å². The van der Waals surface area contributed by atoms with Crippen LogP contribution in [0.1, 0.15) is 29.0 Å². The SMILES string of the molecule is C[C@@H](NCc1cc(C#N)cs1)c1ccccc1. The molecule has 0 amide bonds. The number of nitrogens with zero attached hydrogens (tertiary/aromatic N) is 1. The fourth-order valence-corrected chi connectivity index (χ4v) is 2.41. The lowest BCUT2D eigenvalue weighted by Gasteiger charge is -2.13. The molecule has 0 aliphatic heterocycles. The second-order valence-electron chi connectivity index (χ2n) is 3.93. The highest BCUT2D eigenvalue weighted by molar-refractivity contribution is 7.10. The first kappa shape index (κ1) is 11.8. The van der Waals surface area contributed by atoms with Crippen LogP contribution in [-0.2, 0) is 6.54 Å². The van der Waals surface area contributed by atoms with Crippen LogP contribution >= 0.6 is 11.3 Å². The summed E-state index contributed by atoms with van der Waals surface area (Å²) in [6, 6.07) is 14.8. The molecule has 2 aromatic rings. The normalized spacial score (nSPS) is 12.0. The van der Waals surface area contributed by atoms with Crippen molar-refractivity contribution in [3.05, 3.63) is 57.8 Å². The highest BCUT2D eigenvalue weighted by Crippen LogP contribution is 2.16. The van der Waals surface area contributed by atoms with Crippen LogP contribution in [-0.4, -0.2) is 0 Å². The molecule has 2 nitrogen and oxygen atoms in total. The Morgan fingerprint density at radius 2 is 2.12 bits per heavy atom. The zero-order valence-corrected chi connectivity index (χ0v) is 10.5. The van der Waals surface area contributed by atoms with E-state index in [0.29, 0.717) is 6.04 Å². The van der Waals surface area contributed by atoms with E-state index in [4.69, 9.17) is 5.26 Å². The van der Waals surface area contributed by atoms with Crippen LogP contribution in [0.4, 0.5) is 0 Å². The molecule has 0 aliphatic carbocycles. The first-order valence-electron chi connectivity index (χ1n) is 5.55. The van der Waals surface area contributed by atoms with Crippen molar-refractivity contribution in [2.75, 3.05) is 0 Å². The quantitative estimate of drug-likeness (QED) is 0.891. The largest absolute Gasteiger partial charge is 0.305 e. The summed E-state index contributed by atoms with van der Waals surface area (Å²) in [5.74, 6) is 0. The van der Waals surface area contributed by atoms with E-state index in [1.807, 2.05) is 29.6 Å². The molecule has 0 fully saturated rings. The summed E-state index contributed by atoms with van der Waals surface area (Å²) in [6.07, 6.45) is 0. The van der Waals surface area contributed by atoms with Gasteiger partial charge in [0.25, 0.3) is 0 Å². The first-order chi connectivity index (χ1) is 8.29. The topological polar surface area (TPSA) is 35.8 Å². The van der Waals surface area contributed by atoms with Gasteiger partial charge in [-0.1, -0.05) is 30.3 Å². The number of hydrogen-bond donors (Lipinski definition) is 1. The molecule has 0 saturated heterocycles. The van der Waals surface area contributed by atoms with Gasteiger partial charge in [0.15, 0.2) is 0 Å². The van der Waals surface area contributed by atoms with Crippen molar-refractivity contribution in [3.63, 3.8) is 0 Å². The fourth-order valence-electron chi connectivity index (χ4n) is 1.65. The molecule has 1 aromatic heterocycles. The van der Waals surface area contributed by atoms with E-state index < -0.39 is 0 Å². The lowest BCUT2D eigenvalue weighted by molar-refractivity contribution is 0.579. The lowest BCUT2D eigenvalue weighted by atomic mass is 10.1. The predicted molar refractivity (Wildman–Crippen MR) is 70.7 cm³/mol. The van der Waals surface area contributed by atoms with Crippen molar-refractivity contribution in [2.24, 2.45) is 0 Å². The van der Waals surface area contributed by atoms with Gasteiger partial charge in [-0.3, -0.25) is 0 Å². The van der Waals surface area contributed by atoms with Crippen molar-refractivity contribution < 1.29 is 0 Å². The molecule has 0 radical (unpaired) electrons. The fraction of sp³-hybridized carbons (Fsp3) is 0.214. The molecule has 0 bridgehead atoms. The molecule has 0 saturated carbocycles. The van der Waals surface area contributed by atoms with Gasteiger partial charge in [-0.05, 0) is 18.6 Å². The van der Waals surface area contributed by atoms with E-state index in [1.165, 1.54) is 10.4 Å². The average molecular weight is 242 g/mol. The van der Waals surface area contributed by atoms with E-state index in [2.05, 4.69) is 30.4 Å². The Kier molecular flexibility index (Phi) is 3.92. The number of nitrogens with one attached hydrogen (secondary N) is 1. The Labute approximate surface area is 106 Å². The van der Waals surface area contributed by atoms with Crippen LogP contribution in [0, 0.1) is 11.3 Å². The van der Waals surface area contributed by atoms with Crippen LogP contribution in [0.2, 0.25) is 0 Å². The number of benzene rings is 1. The van der Waals surface area contributed by atoms with Gasteiger partial charge in [0.2, 0.25) is 0 Å². The van der Waals surface area contributed by atoms with Gasteiger partial charge < -0.3 is 5.32 Å². The second-order valence-corrected chi connectivity index (χ2v) is 4.92. The molecule has 1 N–H and O–H groups in total. The van der Waals surface area contributed by atoms with Crippen LogP contribution < -0.4 is 5.32 Å². The van der Waals surface area contributed by atoms with Gasteiger partial charge in [0, 0.05) is 22.8 Å². The van der Waals surface area contributed by atoms with Gasteiger partial charge in [-0.15, -0.1) is 11.3 Å². The Balaban J connectivity index is 1.92. The van der Waals surface area contributed by atoms with E-state index in [1.54, 1.807) is 11.3 Å². The molecular weight excluding hydrogens is 228 g/mol. The van der Waals surface area contributed by atoms with Crippen molar-refractivity contribution in [2.45, 2.75) is 19.5 Å². The third kappa shape index (κ3) is 3.16. The minimum Gasteiger partial charge on any atom is -0.305 e. The molecular formula is C14H14N2S. The van der Waals surface area contributed by atoms with Crippen molar-refractivity contribution in [1.29, 1.82) is 5.26 Å². The predicted octanol–water partition coefficient (Wildman–Crippen LogP) is 3.47. The van der Waals surface area contributed by atoms with Gasteiger partial charge in [-0.25, -0.2) is 0 Å². The zero-order valence-electron chi connectivity index (χ0n) is 9.68. The Bertz CT molecular complexity index is 511. The molecule has 3 heteroatoms. The monoisotopic (exact) mass is 242 g/mol. The van der Waals surface area contributed by atoms with Gasteiger partial charge in [0.1, 0.15) is 6.07 Å². The summed E-state index contributed by atoms with van der Waals surface area (Å²) in [6.45, 7) is 2.95. The molecule has 0 aliphatic rings. The molecule has 17 heavy (non-hydrogen) atoms. The van der Waals surface area contributed by atoms with E-state index in [-0.39, 0.29) is 0 Å². The Morgan fingerprint density at radius 1 is 1.35 bits per heavy atom. The number of hydrogen-bond acceptors (Lipinski definition) is 3. The van der Waals surface area contributed by atoms with E-state index in [9.17, 15) is 0 Å². The highest BCUT2D eigenvalue weighted by atomic mass is 32.1. The average Bonchev–Trinajstić information content (AvgIpc) is 2.85. The highest BCUT2D eigenvalue weighted by Gasteiger charge is 2.05. The van der Waals surface area contributed by atoms with Gasteiger partial charge >= 0.3 is 0 Å². The third-order valence-electron chi connectivity index (χ3n) is 2.66. The first-order valence-corrected chi connectivity index (χ1v) is 6.43. The molecule has 1 atom stereocenters. The Hall–Kier alpha value is -1.63. The smallest absolute Gasteiger partial charge is 0.100 e. The van der Waals surface area contributed by atoms with Crippen LogP contribution in [0.3, 0.4) is 0 Å². The lowest BCUT2D eigenvalue weighted by Crippen LogP contribution is -2.17. The number of thiophene rings is 1. The summed E-state index contributed by atoms with van der Waals surface area (Å²) in [4.78, 5) is 1.20. The minimum atomic E-state index is 0.323. The van der Waals surface area contributed by atoms with E-state index in [0.717, 1.165) is 12.1 Å². The molecule has 86 valence electrons. The maximum absolute atomic E-state index is 8.74. The number of rotatable bonds is 4.